The maximum absolute atomic E-state index is 11.8. The van der Waals surface area contributed by atoms with Gasteiger partial charge < -0.3 is 14.8 Å². The molecular weight excluding hydrogens is 370 g/mol. The molecule has 9 nitrogen and oxygen atoms in total. The van der Waals surface area contributed by atoms with Gasteiger partial charge in [0.05, 0.1) is 7.11 Å². The highest BCUT2D eigenvalue weighted by atomic mass is 32.1. The topological polar surface area (TPSA) is 108 Å². The third kappa shape index (κ3) is 5.35. The molecule has 0 bridgehead atoms. The predicted octanol–water partition coefficient (Wildman–Crippen LogP) is 1.27. The molecular formula is C17H17N5O4S. The van der Waals surface area contributed by atoms with E-state index in [0.717, 1.165) is 21.7 Å². The van der Waals surface area contributed by atoms with E-state index >= 15 is 0 Å². The van der Waals surface area contributed by atoms with Gasteiger partial charge in [0.2, 0.25) is 5.82 Å². The van der Waals surface area contributed by atoms with Crippen LogP contribution in [0.25, 0.3) is 11.4 Å². The third-order valence-corrected chi connectivity index (χ3v) is 4.20. The second-order valence-electron chi connectivity index (χ2n) is 5.44. The fourth-order valence-electron chi connectivity index (χ4n) is 2.12. The first kappa shape index (κ1) is 18.5. The number of benzene rings is 1. The third-order valence-electron chi connectivity index (χ3n) is 3.52. The van der Waals surface area contributed by atoms with Gasteiger partial charge in [0.1, 0.15) is 5.75 Å². The Kier molecular flexibility index (Phi) is 6.10. The van der Waals surface area contributed by atoms with Crippen molar-refractivity contribution < 1.29 is 19.1 Å². The van der Waals surface area contributed by atoms with Crippen molar-refractivity contribution in [2.45, 2.75) is 13.1 Å². The summed E-state index contributed by atoms with van der Waals surface area (Å²) in [4.78, 5) is 24.7. The average molecular weight is 387 g/mol. The van der Waals surface area contributed by atoms with E-state index in [4.69, 9.17) is 9.47 Å². The van der Waals surface area contributed by atoms with Crippen LogP contribution in [0.3, 0.4) is 0 Å². The number of thiophene rings is 1. The number of rotatable bonds is 8. The lowest BCUT2D eigenvalue weighted by Gasteiger charge is -2.07. The van der Waals surface area contributed by atoms with Gasteiger partial charge in [-0.25, -0.2) is 4.79 Å². The van der Waals surface area contributed by atoms with Gasteiger partial charge in [-0.2, -0.15) is 16.1 Å². The van der Waals surface area contributed by atoms with Crippen LogP contribution in [-0.4, -0.2) is 45.8 Å². The quantitative estimate of drug-likeness (QED) is 0.580. The Morgan fingerprint density at radius 3 is 2.74 bits per heavy atom. The maximum atomic E-state index is 11.8. The number of amides is 1. The number of carbonyl (C=O) groups excluding carboxylic acids is 2. The molecule has 0 radical (unpaired) electrons. The second kappa shape index (κ2) is 8.90. The zero-order valence-corrected chi connectivity index (χ0v) is 15.3. The highest BCUT2D eigenvalue weighted by Crippen LogP contribution is 2.16. The van der Waals surface area contributed by atoms with Crippen LogP contribution in [0.4, 0.5) is 0 Å². The fraction of sp³-hybridized carbons (Fsp3) is 0.235. The normalized spacial score (nSPS) is 10.4. The van der Waals surface area contributed by atoms with Crippen molar-refractivity contribution in [1.29, 1.82) is 0 Å². The van der Waals surface area contributed by atoms with E-state index in [2.05, 4.69) is 20.7 Å². The first-order valence-corrected chi connectivity index (χ1v) is 8.94. The van der Waals surface area contributed by atoms with E-state index < -0.39 is 11.9 Å². The molecule has 0 saturated heterocycles. The number of esters is 1. The van der Waals surface area contributed by atoms with Gasteiger partial charge in [-0.3, -0.25) is 4.79 Å². The van der Waals surface area contributed by atoms with Crippen molar-refractivity contribution >= 4 is 23.2 Å². The molecule has 0 aliphatic carbocycles. The minimum absolute atomic E-state index is 0.219. The summed E-state index contributed by atoms with van der Waals surface area (Å²) in [7, 11) is 1.59. The molecule has 140 valence electrons. The van der Waals surface area contributed by atoms with E-state index in [-0.39, 0.29) is 13.2 Å². The van der Waals surface area contributed by atoms with E-state index in [9.17, 15) is 9.59 Å². The van der Waals surface area contributed by atoms with Crippen LogP contribution in [0.5, 0.6) is 5.75 Å². The van der Waals surface area contributed by atoms with Crippen molar-refractivity contribution in [1.82, 2.24) is 25.5 Å². The van der Waals surface area contributed by atoms with Gasteiger partial charge in [0.15, 0.2) is 13.2 Å². The molecule has 3 aromatic rings. The predicted molar refractivity (Wildman–Crippen MR) is 96.9 cm³/mol. The van der Waals surface area contributed by atoms with Crippen molar-refractivity contribution in [3.05, 3.63) is 46.7 Å². The smallest absolute Gasteiger partial charge is 0.330 e. The van der Waals surface area contributed by atoms with Crippen LogP contribution in [0.15, 0.2) is 41.1 Å². The Bertz CT molecular complexity index is 892. The Labute approximate surface area is 158 Å². The number of nitrogens with one attached hydrogen (secondary N) is 1. The largest absolute Gasteiger partial charge is 0.497 e. The zero-order valence-electron chi connectivity index (χ0n) is 14.5. The molecule has 0 saturated carbocycles. The van der Waals surface area contributed by atoms with Crippen LogP contribution in [0.2, 0.25) is 0 Å². The number of aromatic nitrogens is 4. The summed E-state index contributed by atoms with van der Waals surface area (Å²) in [6.07, 6.45) is 0. The van der Waals surface area contributed by atoms with Gasteiger partial charge in [0, 0.05) is 17.5 Å². The monoisotopic (exact) mass is 387 g/mol. The summed E-state index contributed by atoms with van der Waals surface area (Å²) in [5.74, 6) is 0.151. The lowest BCUT2D eigenvalue weighted by atomic mass is 10.2. The molecule has 10 heteroatoms. The van der Waals surface area contributed by atoms with E-state index in [1.54, 1.807) is 19.2 Å². The zero-order chi connectivity index (χ0) is 19.1. The molecule has 0 atom stereocenters. The Hall–Kier alpha value is -3.27. The summed E-state index contributed by atoms with van der Waals surface area (Å²) >= 11 is 1.51. The second-order valence-corrected chi connectivity index (χ2v) is 6.22. The number of hydrogen-bond acceptors (Lipinski definition) is 8. The van der Waals surface area contributed by atoms with Crippen LogP contribution in [-0.2, 0) is 27.4 Å². The molecule has 2 aromatic heterocycles. The first-order valence-electron chi connectivity index (χ1n) is 7.99. The van der Waals surface area contributed by atoms with Gasteiger partial charge in [0.25, 0.3) is 5.91 Å². The van der Waals surface area contributed by atoms with Crippen molar-refractivity contribution in [3.8, 4) is 17.1 Å². The fourth-order valence-corrected chi connectivity index (χ4v) is 2.75. The number of methoxy groups -OCH3 is 1. The van der Waals surface area contributed by atoms with Crippen molar-refractivity contribution in [3.63, 3.8) is 0 Å². The summed E-state index contributed by atoms with van der Waals surface area (Å²) in [6.45, 7) is -0.265. The number of nitrogens with zero attached hydrogens (tertiary/aromatic N) is 4. The van der Waals surface area contributed by atoms with Crippen molar-refractivity contribution in [2.24, 2.45) is 0 Å². The molecule has 0 unspecified atom stereocenters. The molecule has 0 fully saturated rings. The Balaban J connectivity index is 1.40. The first-order chi connectivity index (χ1) is 13.1. The molecule has 0 aliphatic rings. The van der Waals surface area contributed by atoms with E-state index in [1.165, 1.54) is 11.3 Å². The summed E-state index contributed by atoms with van der Waals surface area (Å²) in [5.41, 5.74) is 1.74. The lowest BCUT2D eigenvalue weighted by molar-refractivity contribution is -0.149. The maximum Gasteiger partial charge on any atom is 0.330 e. The summed E-state index contributed by atoms with van der Waals surface area (Å²) < 4.78 is 10.0. The van der Waals surface area contributed by atoms with E-state index in [1.807, 2.05) is 29.0 Å². The molecule has 1 amide bonds. The van der Waals surface area contributed by atoms with Crippen LogP contribution >= 0.6 is 11.3 Å². The lowest BCUT2D eigenvalue weighted by Crippen LogP contribution is -2.29. The molecule has 27 heavy (non-hydrogen) atoms. The summed E-state index contributed by atoms with van der Waals surface area (Å²) in [6, 6.07) is 9.14. The van der Waals surface area contributed by atoms with Crippen LogP contribution < -0.4 is 10.1 Å². The van der Waals surface area contributed by atoms with Crippen molar-refractivity contribution in [2.75, 3.05) is 13.7 Å². The van der Waals surface area contributed by atoms with Gasteiger partial charge in [-0.1, -0.05) is 12.1 Å². The molecule has 0 spiro atoms. The number of carbonyl (C=O) groups is 2. The SMILES string of the molecule is COc1ccc(CNC(=O)COC(=O)Cn2nnc(-c3ccsc3)n2)cc1. The number of tetrazole rings is 1. The average Bonchev–Trinajstić information content (AvgIpc) is 3.37. The van der Waals surface area contributed by atoms with E-state index in [0.29, 0.717) is 12.4 Å². The molecule has 1 aromatic carbocycles. The highest BCUT2D eigenvalue weighted by Gasteiger charge is 2.12. The Morgan fingerprint density at radius 2 is 2.04 bits per heavy atom. The molecule has 3 rings (SSSR count). The van der Waals surface area contributed by atoms with Gasteiger partial charge in [-0.15, -0.1) is 10.2 Å². The minimum atomic E-state index is -0.621. The molecule has 2 heterocycles. The number of ether oxygens (including phenoxy) is 2. The molecule has 1 N–H and O–H groups in total. The standard InChI is InChI=1S/C17H17N5O4S/c1-25-14-4-2-12(3-5-14)8-18-15(23)10-26-16(24)9-22-20-17(19-21-22)13-6-7-27-11-13/h2-7,11H,8-10H2,1H3,(H,18,23). The summed E-state index contributed by atoms with van der Waals surface area (Å²) in [5, 5.41) is 18.2. The van der Waals surface area contributed by atoms with Crippen LogP contribution in [0, 0.1) is 0 Å². The Morgan fingerprint density at radius 1 is 1.22 bits per heavy atom. The van der Waals surface area contributed by atoms with Gasteiger partial charge in [-0.05, 0) is 34.4 Å². The van der Waals surface area contributed by atoms with Gasteiger partial charge >= 0.3 is 5.97 Å². The van der Waals surface area contributed by atoms with Crippen LogP contribution in [0.1, 0.15) is 5.56 Å². The molecule has 0 aliphatic heterocycles. The number of hydrogen-bond donors (Lipinski definition) is 1. The minimum Gasteiger partial charge on any atom is -0.497 e. The highest BCUT2D eigenvalue weighted by molar-refractivity contribution is 7.08.